The Labute approximate surface area is 123 Å². The molecule has 3 aliphatic rings. The molecule has 0 radical (unpaired) electrons. The van der Waals surface area contributed by atoms with Gasteiger partial charge in [-0.2, -0.15) is 0 Å². The summed E-state index contributed by atoms with van der Waals surface area (Å²) in [4.78, 5) is 15.0. The minimum Gasteiger partial charge on any atom is -0.342 e. The molecule has 3 fully saturated rings. The maximum Gasteiger partial charge on any atom is 0.228 e. The molecule has 0 aromatic rings. The Balaban J connectivity index is 1.47. The van der Waals surface area contributed by atoms with Crippen molar-refractivity contribution in [3.8, 4) is 0 Å². The summed E-state index contributed by atoms with van der Waals surface area (Å²) in [5.74, 6) is 1.43. The van der Waals surface area contributed by atoms with Crippen LogP contribution in [0.25, 0.3) is 0 Å². The van der Waals surface area contributed by atoms with Crippen molar-refractivity contribution >= 4 is 5.91 Å². The summed E-state index contributed by atoms with van der Waals surface area (Å²) < 4.78 is 0. The fourth-order valence-electron chi connectivity index (χ4n) is 4.05. The summed E-state index contributed by atoms with van der Waals surface area (Å²) in [5.41, 5.74) is 0.00821. The number of hydrogen-bond acceptors (Lipinski definition) is 2. The van der Waals surface area contributed by atoms with Crippen molar-refractivity contribution < 1.29 is 4.79 Å². The van der Waals surface area contributed by atoms with E-state index in [9.17, 15) is 4.79 Å². The molecule has 3 heteroatoms. The molecule has 0 unspecified atom stereocenters. The third-order valence-corrected chi connectivity index (χ3v) is 5.87. The second-order valence-electron chi connectivity index (χ2n) is 7.26. The van der Waals surface area contributed by atoms with Crippen LogP contribution in [0.5, 0.6) is 0 Å². The van der Waals surface area contributed by atoms with Crippen LogP contribution in [0.15, 0.2) is 0 Å². The lowest BCUT2D eigenvalue weighted by atomic mass is 9.81. The van der Waals surface area contributed by atoms with E-state index in [4.69, 9.17) is 0 Å². The van der Waals surface area contributed by atoms with Crippen molar-refractivity contribution in [2.75, 3.05) is 19.6 Å². The second kappa shape index (κ2) is 6.05. The zero-order chi connectivity index (χ0) is 14.0. The summed E-state index contributed by atoms with van der Waals surface area (Å²) >= 11 is 0. The topological polar surface area (TPSA) is 32.3 Å². The van der Waals surface area contributed by atoms with Crippen molar-refractivity contribution in [1.82, 2.24) is 10.2 Å². The van der Waals surface area contributed by atoms with E-state index in [0.29, 0.717) is 11.9 Å². The number of likely N-dealkylation sites (tertiary alicyclic amines) is 1. The van der Waals surface area contributed by atoms with Gasteiger partial charge in [-0.3, -0.25) is 4.79 Å². The van der Waals surface area contributed by atoms with Crippen LogP contribution in [0.4, 0.5) is 0 Å². The molecule has 0 spiro atoms. The Morgan fingerprint density at radius 1 is 1.15 bits per heavy atom. The highest BCUT2D eigenvalue weighted by atomic mass is 16.2. The average Bonchev–Trinajstić information content (AvgIpc) is 3.20. The first-order valence-corrected chi connectivity index (χ1v) is 8.76. The Morgan fingerprint density at radius 2 is 1.80 bits per heavy atom. The van der Waals surface area contributed by atoms with Crippen LogP contribution in [0, 0.1) is 11.3 Å². The first-order valence-electron chi connectivity index (χ1n) is 8.76. The largest absolute Gasteiger partial charge is 0.342 e. The summed E-state index contributed by atoms with van der Waals surface area (Å²) in [6, 6.07) is 0.654. The van der Waals surface area contributed by atoms with Gasteiger partial charge >= 0.3 is 0 Å². The van der Waals surface area contributed by atoms with Crippen molar-refractivity contribution in [2.24, 2.45) is 11.3 Å². The monoisotopic (exact) mass is 278 g/mol. The molecule has 3 rings (SSSR count). The molecule has 1 aliphatic heterocycles. The molecule has 1 N–H and O–H groups in total. The lowest BCUT2D eigenvalue weighted by molar-refractivity contribution is -0.143. The van der Waals surface area contributed by atoms with Gasteiger partial charge < -0.3 is 10.2 Å². The third kappa shape index (κ3) is 3.03. The molecule has 1 heterocycles. The average molecular weight is 278 g/mol. The molecule has 0 atom stereocenters. The summed E-state index contributed by atoms with van der Waals surface area (Å²) in [7, 11) is 0. The van der Waals surface area contributed by atoms with Gasteiger partial charge in [-0.15, -0.1) is 0 Å². The van der Waals surface area contributed by atoms with Crippen molar-refractivity contribution in [3.05, 3.63) is 0 Å². The molecular formula is C17H30N2O. The minimum atomic E-state index is 0.00821. The fourth-order valence-corrected chi connectivity index (χ4v) is 4.05. The van der Waals surface area contributed by atoms with Crippen LogP contribution in [-0.4, -0.2) is 36.5 Å². The summed E-state index contributed by atoms with van der Waals surface area (Å²) in [6.45, 7) is 5.36. The minimum absolute atomic E-state index is 0.00821. The molecule has 2 saturated carbocycles. The van der Waals surface area contributed by atoms with Crippen LogP contribution >= 0.6 is 0 Å². The molecule has 1 amide bonds. The van der Waals surface area contributed by atoms with E-state index < -0.39 is 0 Å². The highest BCUT2D eigenvalue weighted by Gasteiger charge is 2.42. The number of amides is 1. The summed E-state index contributed by atoms with van der Waals surface area (Å²) in [5, 5.41) is 3.70. The Bertz CT molecular complexity index is 337. The van der Waals surface area contributed by atoms with E-state index in [1.54, 1.807) is 0 Å². The smallest absolute Gasteiger partial charge is 0.228 e. The highest BCUT2D eigenvalue weighted by Crippen LogP contribution is 2.42. The quantitative estimate of drug-likeness (QED) is 0.838. The number of carbonyl (C=O) groups excluding carboxylic acids is 1. The lowest BCUT2D eigenvalue weighted by Crippen LogP contribution is -2.49. The molecule has 1 saturated heterocycles. The van der Waals surface area contributed by atoms with Gasteiger partial charge in [0.1, 0.15) is 0 Å². The standard InChI is InChI=1S/C17H30N2O/c1-2-17(9-3-4-10-17)16(20)19-11-7-15(8-12-19)18-13-14-5-6-14/h14-15,18H,2-13H2,1H3. The first-order chi connectivity index (χ1) is 9.73. The first kappa shape index (κ1) is 14.4. The number of nitrogens with zero attached hydrogens (tertiary/aromatic N) is 1. The van der Waals surface area contributed by atoms with E-state index >= 15 is 0 Å². The Morgan fingerprint density at radius 3 is 2.35 bits per heavy atom. The number of rotatable bonds is 5. The molecule has 0 aromatic carbocycles. The van der Waals surface area contributed by atoms with Crippen LogP contribution < -0.4 is 5.32 Å². The zero-order valence-electron chi connectivity index (χ0n) is 13.0. The lowest BCUT2D eigenvalue weighted by Gasteiger charge is -2.38. The number of piperidine rings is 1. The number of carbonyl (C=O) groups is 1. The second-order valence-corrected chi connectivity index (χ2v) is 7.26. The van der Waals surface area contributed by atoms with Gasteiger partial charge in [-0.25, -0.2) is 0 Å². The number of hydrogen-bond donors (Lipinski definition) is 1. The molecule has 0 bridgehead atoms. The van der Waals surface area contributed by atoms with Crippen LogP contribution in [-0.2, 0) is 4.79 Å². The van der Waals surface area contributed by atoms with Gasteiger partial charge in [-0.1, -0.05) is 19.8 Å². The molecule has 2 aliphatic carbocycles. The maximum atomic E-state index is 12.8. The molecule has 3 nitrogen and oxygen atoms in total. The SMILES string of the molecule is CCC1(C(=O)N2CCC(NCC3CC3)CC2)CCCC1. The van der Waals surface area contributed by atoms with E-state index in [0.717, 1.165) is 51.1 Å². The van der Waals surface area contributed by atoms with Gasteiger partial charge in [0.2, 0.25) is 5.91 Å². The molecule has 114 valence electrons. The Hall–Kier alpha value is -0.570. The number of nitrogens with one attached hydrogen (secondary N) is 1. The van der Waals surface area contributed by atoms with Gasteiger partial charge in [0.15, 0.2) is 0 Å². The molecular weight excluding hydrogens is 248 g/mol. The third-order valence-electron chi connectivity index (χ3n) is 5.87. The van der Waals surface area contributed by atoms with Crippen molar-refractivity contribution in [2.45, 2.75) is 70.8 Å². The van der Waals surface area contributed by atoms with E-state index in [1.807, 2.05) is 0 Å². The highest BCUT2D eigenvalue weighted by molar-refractivity contribution is 5.83. The predicted molar refractivity (Wildman–Crippen MR) is 81.5 cm³/mol. The van der Waals surface area contributed by atoms with Gasteiger partial charge in [0.25, 0.3) is 0 Å². The van der Waals surface area contributed by atoms with Crippen molar-refractivity contribution in [1.29, 1.82) is 0 Å². The van der Waals surface area contributed by atoms with Gasteiger partial charge in [0, 0.05) is 24.5 Å². The van der Waals surface area contributed by atoms with E-state index in [-0.39, 0.29) is 5.41 Å². The van der Waals surface area contributed by atoms with Gasteiger partial charge in [-0.05, 0) is 57.4 Å². The van der Waals surface area contributed by atoms with Crippen LogP contribution in [0.2, 0.25) is 0 Å². The normalized spacial score (nSPS) is 26.9. The maximum absolute atomic E-state index is 12.8. The predicted octanol–water partition coefficient (Wildman–Crippen LogP) is 2.95. The molecule has 20 heavy (non-hydrogen) atoms. The van der Waals surface area contributed by atoms with Crippen LogP contribution in [0.1, 0.15) is 64.7 Å². The fraction of sp³-hybridized carbons (Fsp3) is 0.941. The Kier molecular flexibility index (Phi) is 4.34. The van der Waals surface area contributed by atoms with E-state index in [2.05, 4.69) is 17.1 Å². The van der Waals surface area contributed by atoms with Crippen molar-refractivity contribution in [3.63, 3.8) is 0 Å². The van der Waals surface area contributed by atoms with E-state index in [1.165, 1.54) is 32.2 Å². The summed E-state index contributed by atoms with van der Waals surface area (Å²) in [6.07, 6.45) is 10.9. The van der Waals surface area contributed by atoms with Gasteiger partial charge in [0.05, 0.1) is 0 Å². The van der Waals surface area contributed by atoms with Crippen LogP contribution in [0.3, 0.4) is 0 Å². The zero-order valence-corrected chi connectivity index (χ0v) is 13.0. The molecule has 0 aromatic heterocycles.